The van der Waals surface area contributed by atoms with Gasteiger partial charge >= 0.3 is 18.9 Å². The van der Waals surface area contributed by atoms with E-state index in [1.165, 1.54) is 22.6 Å². The summed E-state index contributed by atoms with van der Waals surface area (Å²) >= 11 is 26.4. The topological polar surface area (TPSA) is 142 Å². The van der Waals surface area contributed by atoms with Crippen molar-refractivity contribution in [2.75, 3.05) is 26.4 Å². The Morgan fingerprint density at radius 2 is 1.06 bits per heavy atom. The Labute approximate surface area is 556 Å². The quantitative estimate of drug-likeness (QED) is 0.0504. The van der Waals surface area contributed by atoms with Crippen molar-refractivity contribution in [1.29, 1.82) is 0 Å². The zero-order valence-electron chi connectivity index (χ0n) is 48.8. The first-order valence-corrected chi connectivity index (χ1v) is 32.6. The van der Waals surface area contributed by atoms with Gasteiger partial charge in [-0.05, 0) is 161 Å². The number of nitrogens with one attached hydrogen (secondary N) is 2. The minimum atomic E-state index is -1.25. The van der Waals surface area contributed by atoms with Crippen molar-refractivity contribution in [2.45, 2.75) is 159 Å². The van der Waals surface area contributed by atoms with Gasteiger partial charge in [0.1, 0.15) is 0 Å². The Morgan fingerprint density at radius 3 is 1.42 bits per heavy atom. The number of benzene rings is 3. The molecule has 0 bridgehead atoms. The number of aliphatic imine (C=N–C) groups is 1. The Morgan fingerprint density at radius 1 is 0.667 bits per heavy atom. The van der Waals surface area contributed by atoms with Gasteiger partial charge in [-0.25, -0.2) is 22.9 Å². The summed E-state index contributed by atoms with van der Waals surface area (Å²) in [4.78, 5) is 32.7. The van der Waals surface area contributed by atoms with Crippen LogP contribution in [0.3, 0.4) is 0 Å². The molecule has 1 amide bonds. The summed E-state index contributed by atoms with van der Waals surface area (Å²) in [5.74, 6) is -0.137. The fourth-order valence-corrected chi connectivity index (χ4v) is 12.7. The molecule has 0 aliphatic carbocycles. The third-order valence-corrected chi connectivity index (χ3v) is 19.4. The van der Waals surface area contributed by atoms with E-state index in [1.807, 2.05) is 130 Å². The van der Waals surface area contributed by atoms with Gasteiger partial charge in [0, 0.05) is 45.8 Å². The zero-order chi connectivity index (χ0) is 59.5. The van der Waals surface area contributed by atoms with Gasteiger partial charge in [-0.15, -0.1) is 34.0 Å². The van der Waals surface area contributed by atoms with Crippen LogP contribution in [-0.2, 0) is 45.7 Å². The summed E-state index contributed by atoms with van der Waals surface area (Å²) in [6.07, 6.45) is 4.23. The molecule has 2 fully saturated rings. The number of aryl methyl sites for hydroxylation is 3. The molecule has 84 heavy (non-hydrogen) atoms. The molecule has 2 aliphatic heterocycles. The fraction of sp³-hybridized carbons (Fsp3) is 0.460. The van der Waals surface area contributed by atoms with Crippen LogP contribution in [0.15, 0.2) is 100 Å². The molecule has 4 atom stereocenters. The van der Waals surface area contributed by atoms with E-state index >= 15 is 0 Å². The van der Waals surface area contributed by atoms with E-state index in [1.54, 1.807) is 47.1 Å². The molecule has 11 nitrogen and oxygen atoms in total. The first kappa shape index (κ1) is 81.8. The zero-order valence-corrected chi connectivity index (χ0v) is 56.8. The Balaban J connectivity index is 0.00000109. The number of unbranched alkanes of at least 4 members (excludes halogenated alkanes) is 1. The molecule has 0 saturated carbocycles. The van der Waals surface area contributed by atoms with Crippen molar-refractivity contribution in [3.8, 4) is 0 Å². The van der Waals surface area contributed by atoms with E-state index in [0.29, 0.717) is 46.4 Å². The van der Waals surface area contributed by atoms with Gasteiger partial charge < -0.3 is 25.9 Å². The molecule has 6 aromatic rings. The van der Waals surface area contributed by atoms with Gasteiger partial charge in [-0.2, -0.15) is 6.42 Å². The third-order valence-electron chi connectivity index (χ3n) is 11.4. The minimum Gasteiger partial charge on any atom is -0.345 e. The van der Waals surface area contributed by atoms with Gasteiger partial charge in [0.15, 0.2) is 18.9 Å². The Hall–Kier alpha value is -2.22. The molecular formula is C63H88BrCl3LiN3O8S5. The summed E-state index contributed by atoms with van der Waals surface area (Å²) in [6, 6.07) is 27.9. The number of hydrogen-bond donors (Lipinski definition) is 2. The van der Waals surface area contributed by atoms with Crippen LogP contribution in [0.4, 0.5) is 0 Å². The van der Waals surface area contributed by atoms with Crippen molar-refractivity contribution in [3.63, 3.8) is 0 Å². The standard InChI is InChI=1S/C19H24ClNO3S2.C17H20ClNO2S2.C12H14ClNO.C8H9BrO2S.C4H9.3CH4.Li/c1-12-15(11-16(25-12)18-23-8-9-24-18)17(21-26(22)19(2,3)4)13-6-5-7-14(20)10-13;1-11-15(9-14(10-20)22-11)16(19-23(21)17(2,3)4)12-6-5-7-13(18)8-12;1-12(2,3)11(15)14-8-9-5-4-6-10(13)7-9;1-5-6(9)4-7(12-5)8-10-2-3-11-8;1-3-4-2;;;;/h5-7,10-11,17-18,21H,8-9H2,1-4H3;5-10,16,19H,1-4H3;4-8H,1-3H3;4,8H,2-3H2,1H3;1,3-4H2,2H3;3*1H4;/q;;;;-1;;;;+1. The number of hydrogen-bond acceptors (Lipinski definition) is 11. The van der Waals surface area contributed by atoms with Crippen molar-refractivity contribution < 1.29 is 55.8 Å². The van der Waals surface area contributed by atoms with E-state index in [2.05, 4.69) is 70.2 Å². The molecular weight excluding hydrogens is 1280 g/mol. The number of aldehydes is 1. The van der Waals surface area contributed by atoms with Crippen LogP contribution in [0, 0.1) is 33.1 Å². The summed E-state index contributed by atoms with van der Waals surface area (Å²) in [5, 5.41) is 1.92. The molecule has 462 valence electrons. The van der Waals surface area contributed by atoms with Crippen molar-refractivity contribution in [2.24, 2.45) is 10.4 Å². The molecule has 2 saturated heterocycles. The molecule has 21 heteroatoms. The van der Waals surface area contributed by atoms with Gasteiger partial charge in [0.25, 0.3) is 5.91 Å². The van der Waals surface area contributed by atoms with Crippen molar-refractivity contribution in [1.82, 2.24) is 9.44 Å². The molecule has 3 aromatic heterocycles. The molecule has 5 heterocycles. The summed E-state index contributed by atoms with van der Waals surface area (Å²) < 4.78 is 54.3. The van der Waals surface area contributed by atoms with E-state index in [0.717, 1.165) is 64.5 Å². The van der Waals surface area contributed by atoms with E-state index in [4.69, 9.17) is 53.8 Å². The molecule has 4 unspecified atom stereocenters. The second kappa shape index (κ2) is 39.0. The normalized spacial score (nSPS) is 14.8. The first-order chi connectivity index (χ1) is 37.5. The summed E-state index contributed by atoms with van der Waals surface area (Å²) in [6.45, 7) is 31.6. The van der Waals surface area contributed by atoms with Gasteiger partial charge in [-0.1, -0.05) is 128 Å². The average Bonchev–Trinajstić information content (AvgIpc) is 4.34. The van der Waals surface area contributed by atoms with Crippen LogP contribution in [0.5, 0.6) is 0 Å². The van der Waals surface area contributed by atoms with Crippen LogP contribution in [-0.4, -0.2) is 62.7 Å². The van der Waals surface area contributed by atoms with E-state index < -0.39 is 32.1 Å². The summed E-state index contributed by atoms with van der Waals surface area (Å²) in [5.41, 5.74) is 4.33. The van der Waals surface area contributed by atoms with Gasteiger partial charge in [0.05, 0.1) is 84.6 Å². The Kier molecular flexibility index (Phi) is 38.0. The van der Waals surface area contributed by atoms with Crippen LogP contribution in [0.25, 0.3) is 0 Å². The molecule has 2 N–H and O–H groups in total. The van der Waals surface area contributed by atoms with Crippen LogP contribution >= 0.6 is 84.7 Å². The SMILES string of the molecule is C.C.C.CC(C)(C)C(=O)N=Cc1cccc(Cl)c1.Cc1sc(C2OCCO2)cc1Br.Cc1sc(C2OCCO2)cc1C(NS(=O)C(C)(C)C)c1cccc(Cl)c1.Cc1sc(C=O)cc1C(NS(=O)C(C)(C)C)c1cccc(Cl)c1.[CH2-]CCC.[Li+]. The van der Waals surface area contributed by atoms with E-state index in [9.17, 15) is 18.0 Å². The molecule has 2 aliphatic rings. The van der Waals surface area contributed by atoms with Gasteiger partial charge in [0.2, 0.25) is 0 Å². The number of thiophene rings is 3. The van der Waals surface area contributed by atoms with Crippen LogP contribution in [0.1, 0.15) is 191 Å². The fourth-order valence-electron chi connectivity index (χ4n) is 6.91. The maximum Gasteiger partial charge on any atom is 1.00 e. The average molecular weight is 1370 g/mol. The molecule has 0 radical (unpaired) electrons. The smallest absolute Gasteiger partial charge is 0.345 e. The minimum absolute atomic E-state index is 0. The third kappa shape index (κ3) is 26.9. The maximum absolute atomic E-state index is 12.8. The molecule has 0 spiro atoms. The second-order valence-electron chi connectivity index (χ2n) is 21.3. The number of amides is 1. The van der Waals surface area contributed by atoms with Gasteiger partial charge in [-0.3, -0.25) is 9.59 Å². The molecule has 3 aromatic carbocycles. The number of nitrogens with zero attached hydrogens (tertiary/aromatic N) is 1. The maximum atomic E-state index is 12.8. The predicted octanol–water partition coefficient (Wildman–Crippen LogP) is 16.3. The monoisotopic (exact) mass is 1370 g/mol. The van der Waals surface area contributed by atoms with Crippen molar-refractivity contribution in [3.05, 3.63) is 175 Å². The number of carbonyl (C=O) groups excluding carboxylic acids is 2. The molecule has 8 rings (SSSR count). The number of rotatable bonds is 13. The number of carbonyl (C=O) groups is 2. The number of ether oxygens (including phenoxy) is 4. The van der Waals surface area contributed by atoms with Crippen molar-refractivity contribution >= 4 is 125 Å². The largest absolute Gasteiger partial charge is 1.00 e. The first-order valence-electron chi connectivity index (χ1n) is 25.9. The van der Waals surface area contributed by atoms with Crippen LogP contribution in [0.2, 0.25) is 15.1 Å². The number of halogens is 4. The second-order valence-corrected chi connectivity index (χ2v) is 31.4. The van der Waals surface area contributed by atoms with E-state index in [-0.39, 0.29) is 76.5 Å². The van der Waals surface area contributed by atoms with Crippen LogP contribution < -0.4 is 28.3 Å². The Bertz CT molecular complexity index is 2990. The predicted molar refractivity (Wildman–Crippen MR) is 362 cm³/mol. The summed E-state index contributed by atoms with van der Waals surface area (Å²) in [7, 11) is -2.48.